The molecule has 0 aliphatic heterocycles. The van der Waals surface area contributed by atoms with Crippen molar-refractivity contribution in [1.29, 1.82) is 0 Å². The number of rotatable bonds is 3. The highest BCUT2D eigenvalue weighted by molar-refractivity contribution is 7.99. The molecule has 20 heavy (non-hydrogen) atoms. The number of thioether (sulfide) groups is 1. The molecule has 1 aromatic carbocycles. The number of hydrogen-bond donors (Lipinski definition) is 0. The Kier molecular flexibility index (Phi) is 3.99. The van der Waals surface area contributed by atoms with Gasteiger partial charge in [0.2, 0.25) is 0 Å². The van der Waals surface area contributed by atoms with Crippen molar-refractivity contribution >= 4 is 17.3 Å². The third kappa shape index (κ3) is 3.31. The van der Waals surface area contributed by atoms with Crippen LogP contribution in [0.5, 0.6) is 0 Å². The van der Waals surface area contributed by atoms with Crippen LogP contribution in [0, 0.1) is 11.8 Å². The quantitative estimate of drug-likeness (QED) is 0.664. The summed E-state index contributed by atoms with van der Waals surface area (Å²) in [5, 5.41) is 0. The van der Waals surface area contributed by atoms with E-state index in [0.717, 1.165) is 17.6 Å². The fourth-order valence-corrected chi connectivity index (χ4v) is 4.27. The highest BCUT2D eigenvalue weighted by Crippen LogP contribution is 2.45. The first kappa shape index (κ1) is 14.3. The van der Waals surface area contributed by atoms with Crippen LogP contribution in [0.15, 0.2) is 30.3 Å². The molecule has 0 aromatic heterocycles. The van der Waals surface area contributed by atoms with Gasteiger partial charge in [-0.05, 0) is 47.8 Å². The maximum absolute atomic E-state index is 2.57. The summed E-state index contributed by atoms with van der Waals surface area (Å²) < 4.78 is 0.351. The molecule has 0 amide bonds. The fourth-order valence-electron chi connectivity index (χ4n) is 3.48. The van der Waals surface area contributed by atoms with Gasteiger partial charge in [-0.1, -0.05) is 57.5 Å². The lowest BCUT2D eigenvalue weighted by Crippen LogP contribution is -2.07. The summed E-state index contributed by atoms with van der Waals surface area (Å²) in [5.74, 6) is 2.97. The molecule has 2 unspecified atom stereocenters. The van der Waals surface area contributed by atoms with Crippen LogP contribution < -0.4 is 0 Å². The molecule has 2 aliphatic carbocycles. The Morgan fingerprint density at radius 2 is 1.85 bits per heavy atom. The molecule has 1 fully saturated rings. The van der Waals surface area contributed by atoms with Crippen molar-refractivity contribution in [2.45, 2.75) is 57.0 Å². The van der Waals surface area contributed by atoms with Gasteiger partial charge in [0, 0.05) is 10.5 Å². The zero-order valence-electron chi connectivity index (χ0n) is 13.0. The first-order valence-electron chi connectivity index (χ1n) is 7.95. The number of allylic oxidation sites excluding steroid dienone is 2. The lowest BCUT2D eigenvalue weighted by molar-refractivity contribution is 0.498. The van der Waals surface area contributed by atoms with Gasteiger partial charge in [0.25, 0.3) is 0 Å². The maximum atomic E-state index is 2.57. The lowest BCUT2D eigenvalue weighted by Gasteiger charge is -2.17. The average Bonchev–Trinajstić information content (AvgIpc) is 2.97. The Morgan fingerprint density at radius 1 is 1.10 bits per heavy atom. The first-order chi connectivity index (χ1) is 9.51. The minimum absolute atomic E-state index is 0.351. The van der Waals surface area contributed by atoms with Gasteiger partial charge in [0.05, 0.1) is 0 Å². The predicted octanol–water partition coefficient (Wildman–Crippen LogP) is 5.92. The topological polar surface area (TPSA) is 0 Å². The van der Waals surface area contributed by atoms with Crippen LogP contribution in [-0.2, 0) is 5.75 Å². The van der Waals surface area contributed by atoms with E-state index in [1.54, 1.807) is 5.57 Å². The van der Waals surface area contributed by atoms with Crippen LogP contribution in [0.25, 0.3) is 5.57 Å². The molecule has 0 heterocycles. The second kappa shape index (κ2) is 5.60. The van der Waals surface area contributed by atoms with Crippen molar-refractivity contribution < 1.29 is 0 Å². The normalized spacial score (nSPS) is 25.6. The molecular weight excluding hydrogens is 260 g/mol. The van der Waals surface area contributed by atoms with Crippen LogP contribution in [0.2, 0.25) is 0 Å². The standard InChI is InChI=1S/C19H26S/c1-19(2,3)20-13-14-7-9-15(10-8-14)18-11-16-5-4-6-17(16)12-18/h7-11,16-17H,4-6,12-13H2,1-3H3. The summed E-state index contributed by atoms with van der Waals surface area (Å²) in [6.07, 6.45) is 8.21. The van der Waals surface area contributed by atoms with E-state index in [9.17, 15) is 0 Å². The van der Waals surface area contributed by atoms with E-state index in [2.05, 4.69) is 51.1 Å². The largest absolute Gasteiger partial charge is 0.151 e. The van der Waals surface area contributed by atoms with E-state index in [-0.39, 0.29) is 0 Å². The second-order valence-electron chi connectivity index (χ2n) is 7.35. The third-order valence-electron chi connectivity index (χ3n) is 4.61. The smallest absolute Gasteiger partial charge is 0.0189 e. The number of hydrogen-bond acceptors (Lipinski definition) is 1. The Morgan fingerprint density at radius 3 is 2.50 bits per heavy atom. The van der Waals surface area contributed by atoms with Crippen molar-refractivity contribution in [2.75, 3.05) is 0 Å². The summed E-state index contributed by atoms with van der Waals surface area (Å²) in [7, 11) is 0. The molecule has 1 heteroatoms. The molecule has 0 radical (unpaired) electrons. The van der Waals surface area contributed by atoms with E-state index < -0.39 is 0 Å². The molecule has 1 aromatic rings. The Balaban J connectivity index is 1.65. The van der Waals surface area contributed by atoms with E-state index in [1.807, 2.05) is 11.8 Å². The van der Waals surface area contributed by atoms with E-state index in [0.29, 0.717) is 4.75 Å². The summed E-state index contributed by atoms with van der Waals surface area (Å²) in [6, 6.07) is 9.32. The summed E-state index contributed by atoms with van der Waals surface area (Å²) in [4.78, 5) is 0. The van der Waals surface area contributed by atoms with Crippen molar-refractivity contribution in [3.63, 3.8) is 0 Å². The third-order valence-corrected chi connectivity index (χ3v) is 5.96. The molecular formula is C19H26S. The first-order valence-corrected chi connectivity index (χ1v) is 8.94. The molecule has 0 saturated heterocycles. The van der Waals surface area contributed by atoms with E-state index in [1.165, 1.54) is 36.8 Å². The molecule has 0 spiro atoms. The van der Waals surface area contributed by atoms with Crippen LogP contribution in [0.3, 0.4) is 0 Å². The SMILES string of the molecule is CC(C)(C)SCc1ccc(C2=CC3CCCC3C2)cc1. The zero-order valence-corrected chi connectivity index (χ0v) is 13.8. The Bertz CT molecular complexity index is 489. The molecule has 1 saturated carbocycles. The predicted molar refractivity (Wildman–Crippen MR) is 90.9 cm³/mol. The van der Waals surface area contributed by atoms with Crippen molar-refractivity contribution in [1.82, 2.24) is 0 Å². The molecule has 3 rings (SSSR count). The molecule has 0 nitrogen and oxygen atoms in total. The summed E-state index contributed by atoms with van der Waals surface area (Å²) in [5.41, 5.74) is 4.52. The van der Waals surface area contributed by atoms with Crippen LogP contribution in [0.1, 0.15) is 57.6 Å². The van der Waals surface area contributed by atoms with Crippen LogP contribution in [-0.4, -0.2) is 4.75 Å². The summed E-state index contributed by atoms with van der Waals surface area (Å²) in [6.45, 7) is 6.86. The number of benzene rings is 1. The van der Waals surface area contributed by atoms with Gasteiger partial charge in [0.1, 0.15) is 0 Å². The zero-order chi connectivity index (χ0) is 14.2. The minimum Gasteiger partial charge on any atom is -0.151 e. The summed E-state index contributed by atoms with van der Waals surface area (Å²) >= 11 is 2.02. The molecule has 2 aliphatic rings. The molecule has 108 valence electrons. The van der Waals surface area contributed by atoms with Crippen molar-refractivity contribution in [3.8, 4) is 0 Å². The van der Waals surface area contributed by atoms with Gasteiger partial charge >= 0.3 is 0 Å². The fraction of sp³-hybridized carbons (Fsp3) is 0.579. The van der Waals surface area contributed by atoms with Gasteiger partial charge in [-0.15, -0.1) is 0 Å². The molecule has 2 atom stereocenters. The van der Waals surface area contributed by atoms with Crippen LogP contribution >= 0.6 is 11.8 Å². The van der Waals surface area contributed by atoms with Gasteiger partial charge in [-0.3, -0.25) is 0 Å². The highest BCUT2D eigenvalue weighted by Gasteiger charge is 2.31. The number of fused-ring (bicyclic) bond motifs is 1. The van der Waals surface area contributed by atoms with Gasteiger partial charge in [-0.2, -0.15) is 11.8 Å². The Labute approximate surface area is 128 Å². The van der Waals surface area contributed by atoms with Crippen LogP contribution in [0.4, 0.5) is 0 Å². The van der Waals surface area contributed by atoms with Gasteiger partial charge in [-0.25, -0.2) is 0 Å². The van der Waals surface area contributed by atoms with Gasteiger partial charge in [0.15, 0.2) is 0 Å². The molecule has 0 N–H and O–H groups in total. The monoisotopic (exact) mass is 286 g/mol. The van der Waals surface area contributed by atoms with E-state index in [4.69, 9.17) is 0 Å². The maximum Gasteiger partial charge on any atom is 0.0189 e. The molecule has 0 bridgehead atoms. The van der Waals surface area contributed by atoms with Gasteiger partial charge < -0.3 is 0 Å². The van der Waals surface area contributed by atoms with Crippen molar-refractivity contribution in [3.05, 3.63) is 41.5 Å². The Hall–Kier alpha value is -0.690. The highest BCUT2D eigenvalue weighted by atomic mass is 32.2. The second-order valence-corrected chi connectivity index (χ2v) is 9.15. The minimum atomic E-state index is 0.351. The lowest BCUT2D eigenvalue weighted by atomic mass is 9.98. The van der Waals surface area contributed by atoms with Crippen molar-refractivity contribution in [2.24, 2.45) is 11.8 Å². The van der Waals surface area contributed by atoms with E-state index >= 15 is 0 Å². The average molecular weight is 286 g/mol.